The summed E-state index contributed by atoms with van der Waals surface area (Å²) < 4.78 is 9.87. The highest BCUT2D eigenvalue weighted by Gasteiger charge is 2.11. The van der Waals surface area contributed by atoms with E-state index in [9.17, 15) is 4.79 Å². The second-order valence-corrected chi connectivity index (χ2v) is 3.39. The van der Waals surface area contributed by atoms with Crippen molar-refractivity contribution in [2.45, 2.75) is 19.4 Å². The first kappa shape index (κ1) is 12.5. The van der Waals surface area contributed by atoms with Crippen LogP contribution in [0.15, 0.2) is 24.3 Å². The van der Waals surface area contributed by atoms with Crippen LogP contribution in [0.2, 0.25) is 0 Å². The van der Waals surface area contributed by atoms with Gasteiger partial charge in [0, 0.05) is 6.04 Å². The summed E-state index contributed by atoms with van der Waals surface area (Å²) in [5.74, 6) is 0.498. The summed E-state index contributed by atoms with van der Waals surface area (Å²) in [6, 6.07) is 7.08. The number of esters is 1. The van der Waals surface area contributed by atoms with Gasteiger partial charge in [-0.2, -0.15) is 0 Å². The molecule has 16 heavy (non-hydrogen) atoms. The second-order valence-electron chi connectivity index (χ2n) is 3.39. The molecule has 0 unspecified atom stereocenters. The van der Waals surface area contributed by atoms with Crippen molar-refractivity contribution in [1.29, 1.82) is 0 Å². The van der Waals surface area contributed by atoms with Gasteiger partial charge >= 0.3 is 5.97 Å². The topological polar surface area (TPSA) is 61.5 Å². The van der Waals surface area contributed by atoms with Gasteiger partial charge in [-0.05, 0) is 24.6 Å². The fourth-order valence-electron chi connectivity index (χ4n) is 1.36. The number of ether oxygens (including phenoxy) is 2. The van der Waals surface area contributed by atoms with Crippen molar-refractivity contribution >= 4 is 5.97 Å². The van der Waals surface area contributed by atoms with Gasteiger partial charge in [0.05, 0.1) is 20.1 Å². The van der Waals surface area contributed by atoms with E-state index in [1.54, 1.807) is 0 Å². The first-order chi connectivity index (χ1) is 7.67. The zero-order chi connectivity index (χ0) is 12.0. The van der Waals surface area contributed by atoms with E-state index < -0.39 is 0 Å². The Morgan fingerprint density at radius 1 is 1.38 bits per heavy atom. The molecule has 0 radical (unpaired) electrons. The molecule has 0 heterocycles. The van der Waals surface area contributed by atoms with Crippen LogP contribution in [0.3, 0.4) is 0 Å². The van der Waals surface area contributed by atoms with Crippen LogP contribution < -0.4 is 10.5 Å². The summed E-state index contributed by atoms with van der Waals surface area (Å²) in [6.45, 7) is 2.56. The number of benzene rings is 1. The molecule has 2 N–H and O–H groups in total. The Kier molecular flexibility index (Phi) is 4.79. The number of hydrogen-bond acceptors (Lipinski definition) is 4. The molecule has 0 saturated heterocycles. The Hall–Kier alpha value is -1.55. The van der Waals surface area contributed by atoms with Gasteiger partial charge in [-0.3, -0.25) is 4.79 Å². The van der Waals surface area contributed by atoms with Crippen LogP contribution in [0, 0.1) is 0 Å². The van der Waals surface area contributed by atoms with Crippen molar-refractivity contribution in [2.75, 3.05) is 13.7 Å². The minimum absolute atomic E-state index is 0.185. The normalized spacial score (nSPS) is 11.9. The van der Waals surface area contributed by atoms with Crippen LogP contribution in [0.1, 0.15) is 24.9 Å². The predicted octanol–water partition coefficient (Wildman–Crippen LogP) is 1.65. The molecule has 0 fully saturated rings. The molecule has 0 amide bonds. The third-order valence-electron chi connectivity index (χ3n) is 2.23. The Bertz CT molecular complexity index is 335. The highest BCUT2D eigenvalue weighted by atomic mass is 16.5. The van der Waals surface area contributed by atoms with E-state index in [0.29, 0.717) is 6.61 Å². The monoisotopic (exact) mass is 223 g/mol. The van der Waals surface area contributed by atoms with Gasteiger partial charge in [-0.1, -0.05) is 12.1 Å². The molecular formula is C12H17NO3. The SMILES string of the molecule is CCOc1ccc([C@H](N)CC(=O)OC)cc1. The lowest BCUT2D eigenvalue weighted by Crippen LogP contribution is -2.16. The van der Waals surface area contributed by atoms with E-state index in [1.807, 2.05) is 31.2 Å². The van der Waals surface area contributed by atoms with Gasteiger partial charge in [0.2, 0.25) is 0 Å². The summed E-state index contributed by atoms with van der Waals surface area (Å²) in [5, 5.41) is 0. The largest absolute Gasteiger partial charge is 0.494 e. The summed E-state index contributed by atoms with van der Waals surface area (Å²) >= 11 is 0. The number of nitrogens with two attached hydrogens (primary N) is 1. The Morgan fingerprint density at radius 3 is 2.50 bits per heavy atom. The van der Waals surface area contributed by atoms with Gasteiger partial charge in [-0.15, -0.1) is 0 Å². The van der Waals surface area contributed by atoms with Gasteiger partial charge in [-0.25, -0.2) is 0 Å². The molecule has 1 aromatic carbocycles. The molecule has 88 valence electrons. The van der Waals surface area contributed by atoms with Crippen LogP contribution in [-0.2, 0) is 9.53 Å². The maximum absolute atomic E-state index is 11.0. The molecule has 0 spiro atoms. The fourth-order valence-corrected chi connectivity index (χ4v) is 1.36. The number of carbonyl (C=O) groups is 1. The Morgan fingerprint density at radius 2 is 2.00 bits per heavy atom. The molecule has 1 rings (SSSR count). The first-order valence-corrected chi connectivity index (χ1v) is 5.22. The zero-order valence-corrected chi connectivity index (χ0v) is 9.60. The summed E-state index contributed by atoms with van der Waals surface area (Å²) in [6.07, 6.45) is 0.185. The average molecular weight is 223 g/mol. The molecule has 1 atom stereocenters. The number of rotatable bonds is 5. The van der Waals surface area contributed by atoms with Crippen molar-refractivity contribution in [2.24, 2.45) is 5.73 Å². The minimum Gasteiger partial charge on any atom is -0.494 e. The number of methoxy groups -OCH3 is 1. The van der Waals surface area contributed by atoms with Crippen LogP contribution in [0.4, 0.5) is 0 Å². The summed E-state index contributed by atoms with van der Waals surface area (Å²) in [5.41, 5.74) is 6.75. The van der Waals surface area contributed by atoms with Gasteiger partial charge in [0.1, 0.15) is 5.75 Å². The maximum atomic E-state index is 11.0. The highest BCUT2D eigenvalue weighted by Crippen LogP contribution is 2.18. The molecular weight excluding hydrogens is 206 g/mol. The Balaban J connectivity index is 2.62. The minimum atomic E-state index is -0.330. The maximum Gasteiger partial charge on any atom is 0.307 e. The van der Waals surface area contributed by atoms with E-state index >= 15 is 0 Å². The smallest absolute Gasteiger partial charge is 0.307 e. The molecule has 0 aliphatic rings. The van der Waals surface area contributed by atoms with E-state index in [-0.39, 0.29) is 18.4 Å². The fraction of sp³-hybridized carbons (Fsp3) is 0.417. The number of carbonyl (C=O) groups excluding carboxylic acids is 1. The van der Waals surface area contributed by atoms with Crippen molar-refractivity contribution in [3.63, 3.8) is 0 Å². The lowest BCUT2D eigenvalue weighted by atomic mass is 10.0. The molecule has 4 heteroatoms. The third kappa shape index (κ3) is 3.55. The van der Waals surface area contributed by atoms with E-state index in [4.69, 9.17) is 10.5 Å². The summed E-state index contributed by atoms with van der Waals surface area (Å²) in [4.78, 5) is 11.0. The van der Waals surface area contributed by atoms with Crippen LogP contribution in [0.5, 0.6) is 5.75 Å². The van der Waals surface area contributed by atoms with Crippen molar-refractivity contribution < 1.29 is 14.3 Å². The van der Waals surface area contributed by atoms with Gasteiger partial charge in [0.25, 0.3) is 0 Å². The quantitative estimate of drug-likeness (QED) is 0.771. The van der Waals surface area contributed by atoms with Crippen molar-refractivity contribution in [3.05, 3.63) is 29.8 Å². The van der Waals surface area contributed by atoms with Crippen LogP contribution in [0.25, 0.3) is 0 Å². The first-order valence-electron chi connectivity index (χ1n) is 5.22. The number of hydrogen-bond donors (Lipinski definition) is 1. The second kappa shape index (κ2) is 6.12. The van der Waals surface area contributed by atoms with E-state index in [2.05, 4.69) is 4.74 Å². The Labute approximate surface area is 95.3 Å². The van der Waals surface area contributed by atoms with Crippen LogP contribution >= 0.6 is 0 Å². The average Bonchev–Trinajstić information content (AvgIpc) is 2.30. The van der Waals surface area contributed by atoms with Crippen LogP contribution in [-0.4, -0.2) is 19.7 Å². The molecule has 0 aliphatic heterocycles. The van der Waals surface area contributed by atoms with Gasteiger partial charge < -0.3 is 15.2 Å². The molecule has 0 saturated carbocycles. The lowest BCUT2D eigenvalue weighted by Gasteiger charge is -2.11. The molecule has 4 nitrogen and oxygen atoms in total. The molecule has 1 aromatic rings. The van der Waals surface area contributed by atoms with E-state index in [0.717, 1.165) is 11.3 Å². The third-order valence-corrected chi connectivity index (χ3v) is 2.23. The zero-order valence-electron chi connectivity index (χ0n) is 9.60. The summed E-state index contributed by atoms with van der Waals surface area (Å²) in [7, 11) is 1.35. The van der Waals surface area contributed by atoms with Crippen molar-refractivity contribution in [3.8, 4) is 5.75 Å². The van der Waals surface area contributed by atoms with E-state index in [1.165, 1.54) is 7.11 Å². The lowest BCUT2D eigenvalue weighted by molar-refractivity contribution is -0.141. The van der Waals surface area contributed by atoms with Crippen molar-refractivity contribution in [1.82, 2.24) is 0 Å². The molecule has 0 aromatic heterocycles. The molecule has 0 aliphatic carbocycles. The molecule has 0 bridgehead atoms. The van der Waals surface area contributed by atoms with Gasteiger partial charge in [0.15, 0.2) is 0 Å². The standard InChI is InChI=1S/C12H17NO3/c1-3-16-10-6-4-9(5-7-10)11(13)8-12(14)15-2/h4-7,11H,3,8,13H2,1-2H3/t11-/m1/s1. The highest BCUT2D eigenvalue weighted by molar-refractivity contribution is 5.70. The predicted molar refractivity (Wildman–Crippen MR) is 61.2 cm³/mol.